The number of sulfonamides is 1. The van der Waals surface area contributed by atoms with E-state index in [1.807, 2.05) is 6.07 Å². The Balaban J connectivity index is 1.72. The van der Waals surface area contributed by atoms with Crippen molar-refractivity contribution in [3.8, 4) is 6.07 Å². The average molecular weight is 376 g/mol. The second-order valence-corrected chi connectivity index (χ2v) is 9.52. The molecule has 1 aromatic carbocycles. The van der Waals surface area contributed by atoms with Crippen LogP contribution in [0.1, 0.15) is 43.5 Å². The SMILES string of the molecule is CC1CC(C)CN(S(=O)(=O)c2ccc(C(=O)OC(C#N)C3CC3)cc2)C1. The first-order valence-electron chi connectivity index (χ1n) is 9.02. The molecule has 3 unspecified atom stereocenters. The van der Waals surface area contributed by atoms with Gasteiger partial charge in [0, 0.05) is 19.0 Å². The lowest BCUT2D eigenvalue weighted by Crippen LogP contribution is -2.42. The zero-order chi connectivity index (χ0) is 18.9. The van der Waals surface area contributed by atoms with Gasteiger partial charge in [-0.1, -0.05) is 13.8 Å². The molecule has 140 valence electrons. The highest BCUT2D eigenvalue weighted by Crippen LogP contribution is 2.34. The molecule has 1 aromatic rings. The number of benzene rings is 1. The maximum atomic E-state index is 12.8. The van der Waals surface area contributed by atoms with Gasteiger partial charge in [0.25, 0.3) is 0 Å². The quantitative estimate of drug-likeness (QED) is 0.738. The second-order valence-electron chi connectivity index (χ2n) is 7.58. The number of hydrogen-bond acceptors (Lipinski definition) is 5. The Morgan fingerprint density at radius 3 is 2.27 bits per heavy atom. The first-order valence-corrected chi connectivity index (χ1v) is 10.5. The highest BCUT2D eigenvalue weighted by atomic mass is 32.2. The number of esters is 1. The summed E-state index contributed by atoms with van der Waals surface area (Å²) in [7, 11) is -3.57. The van der Waals surface area contributed by atoms with Gasteiger partial charge in [-0.3, -0.25) is 0 Å². The predicted octanol–water partition coefficient (Wildman–Crippen LogP) is 2.81. The van der Waals surface area contributed by atoms with Crippen LogP contribution in [0.15, 0.2) is 29.2 Å². The van der Waals surface area contributed by atoms with Crippen molar-refractivity contribution in [3.63, 3.8) is 0 Å². The topological polar surface area (TPSA) is 87.5 Å². The van der Waals surface area contributed by atoms with Gasteiger partial charge in [-0.2, -0.15) is 9.57 Å². The van der Waals surface area contributed by atoms with Gasteiger partial charge >= 0.3 is 5.97 Å². The monoisotopic (exact) mass is 376 g/mol. The minimum Gasteiger partial charge on any atom is -0.443 e. The maximum absolute atomic E-state index is 12.8. The van der Waals surface area contributed by atoms with Crippen LogP contribution < -0.4 is 0 Å². The molecule has 1 aliphatic heterocycles. The van der Waals surface area contributed by atoms with E-state index in [4.69, 9.17) is 10.00 Å². The van der Waals surface area contributed by atoms with Crippen LogP contribution in [0.25, 0.3) is 0 Å². The van der Waals surface area contributed by atoms with Crippen LogP contribution in [0.5, 0.6) is 0 Å². The average Bonchev–Trinajstić information content (AvgIpc) is 3.43. The molecule has 0 N–H and O–H groups in total. The lowest BCUT2D eigenvalue weighted by Gasteiger charge is -2.34. The Kier molecular flexibility index (Phi) is 5.35. The van der Waals surface area contributed by atoms with Crippen molar-refractivity contribution in [2.75, 3.05) is 13.1 Å². The molecule has 26 heavy (non-hydrogen) atoms. The van der Waals surface area contributed by atoms with E-state index < -0.39 is 22.1 Å². The van der Waals surface area contributed by atoms with Gasteiger partial charge in [0.15, 0.2) is 6.10 Å². The van der Waals surface area contributed by atoms with Crippen LogP contribution in [0, 0.1) is 29.1 Å². The lowest BCUT2D eigenvalue weighted by atomic mass is 9.94. The number of ether oxygens (including phenoxy) is 1. The van der Waals surface area contributed by atoms with Gasteiger partial charge in [-0.15, -0.1) is 0 Å². The number of carbonyl (C=O) groups excluding carboxylic acids is 1. The number of carbonyl (C=O) groups is 1. The van der Waals surface area contributed by atoms with Gasteiger partial charge < -0.3 is 4.74 Å². The van der Waals surface area contributed by atoms with Gasteiger partial charge in [0.1, 0.15) is 6.07 Å². The van der Waals surface area contributed by atoms with Crippen molar-refractivity contribution >= 4 is 16.0 Å². The van der Waals surface area contributed by atoms with Crippen LogP contribution in [0.2, 0.25) is 0 Å². The fraction of sp³-hybridized carbons (Fsp3) is 0.579. The summed E-state index contributed by atoms with van der Waals surface area (Å²) in [6.07, 6.45) is 2.10. The van der Waals surface area contributed by atoms with E-state index in [-0.39, 0.29) is 16.4 Å². The molecule has 6 nitrogen and oxygen atoms in total. The Morgan fingerprint density at radius 2 is 1.77 bits per heavy atom. The van der Waals surface area contributed by atoms with E-state index in [9.17, 15) is 13.2 Å². The Labute approximate surface area is 154 Å². The van der Waals surface area contributed by atoms with E-state index in [1.54, 1.807) is 0 Å². The Hall–Kier alpha value is -1.91. The Bertz CT molecular complexity index is 799. The first kappa shape index (κ1) is 18.9. The number of hydrogen-bond donors (Lipinski definition) is 0. The highest BCUT2D eigenvalue weighted by Gasteiger charge is 2.35. The molecule has 1 aliphatic carbocycles. The van der Waals surface area contributed by atoms with Crippen LogP contribution in [-0.4, -0.2) is 37.9 Å². The first-order chi connectivity index (χ1) is 12.3. The van der Waals surface area contributed by atoms with Crippen molar-refractivity contribution in [2.24, 2.45) is 17.8 Å². The predicted molar refractivity (Wildman–Crippen MR) is 95.7 cm³/mol. The number of nitrogens with zero attached hydrogens (tertiary/aromatic N) is 2. The molecule has 0 amide bonds. The minimum absolute atomic E-state index is 0.131. The largest absolute Gasteiger partial charge is 0.443 e. The highest BCUT2D eigenvalue weighted by molar-refractivity contribution is 7.89. The van der Waals surface area contributed by atoms with Crippen LogP contribution >= 0.6 is 0 Å². The molecule has 0 aromatic heterocycles. The van der Waals surface area contributed by atoms with Gasteiger partial charge in [0.2, 0.25) is 10.0 Å². The van der Waals surface area contributed by atoms with E-state index in [2.05, 4.69) is 13.8 Å². The molecular weight excluding hydrogens is 352 g/mol. The summed E-state index contributed by atoms with van der Waals surface area (Å²) in [4.78, 5) is 12.3. The molecule has 1 heterocycles. The van der Waals surface area contributed by atoms with E-state index in [1.165, 1.54) is 28.6 Å². The molecule has 2 aliphatic rings. The fourth-order valence-electron chi connectivity index (χ4n) is 3.52. The maximum Gasteiger partial charge on any atom is 0.339 e. The summed E-state index contributed by atoms with van der Waals surface area (Å²) in [6, 6.07) is 7.79. The molecule has 3 atom stereocenters. The minimum atomic E-state index is -3.57. The number of rotatable bonds is 5. The molecule has 0 radical (unpaired) electrons. The van der Waals surface area contributed by atoms with Crippen molar-refractivity contribution in [1.82, 2.24) is 4.31 Å². The zero-order valence-electron chi connectivity index (χ0n) is 15.1. The third-order valence-electron chi connectivity index (χ3n) is 4.97. The molecule has 0 bridgehead atoms. The van der Waals surface area contributed by atoms with E-state index in [0.29, 0.717) is 24.9 Å². The van der Waals surface area contributed by atoms with Crippen LogP contribution in [-0.2, 0) is 14.8 Å². The molecule has 1 saturated heterocycles. The van der Waals surface area contributed by atoms with Gasteiger partial charge in [0.05, 0.1) is 10.5 Å². The third kappa shape index (κ3) is 4.08. The fourth-order valence-corrected chi connectivity index (χ4v) is 5.20. The van der Waals surface area contributed by atoms with Crippen molar-refractivity contribution in [1.29, 1.82) is 5.26 Å². The van der Waals surface area contributed by atoms with Crippen LogP contribution in [0.4, 0.5) is 0 Å². The number of piperidine rings is 1. The van der Waals surface area contributed by atoms with Crippen molar-refractivity contribution < 1.29 is 17.9 Å². The summed E-state index contributed by atoms with van der Waals surface area (Å²) in [5.74, 6) is 0.195. The smallest absolute Gasteiger partial charge is 0.339 e. The van der Waals surface area contributed by atoms with E-state index >= 15 is 0 Å². The Morgan fingerprint density at radius 1 is 1.19 bits per heavy atom. The van der Waals surface area contributed by atoms with Crippen molar-refractivity contribution in [3.05, 3.63) is 29.8 Å². The summed E-state index contributed by atoms with van der Waals surface area (Å²) in [5, 5.41) is 9.06. The zero-order valence-corrected chi connectivity index (χ0v) is 15.9. The lowest BCUT2D eigenvalue weighted by molar-refractivity contribution is 0.0370. The van der Waals surface area contributed by atoms with Crippen LogP contribution in [0.3, 0.4) is 0 Å². The summed E-state index contributed by atoms with van der Waals surface area (Å²) >= 11 is 0. The van der Waals surface area contributed by atoms with Gasteiger partial charge in [-0.05, 0) is 55.4 Å². The standard InChI is InChI=1S/C19H24N2O4S/c1-13-9-14(2)12-21(11-13)26(23,24)17-7-5-16(6-8-17)19(22)25-18(10-20)15-3-4-15/h5-8,13-15,18H,3-4,9,11-12H2,1-2H3. The molecule has 1 saturated carbocycles. The van der Waals surface area contributed by atoms with Crippen molar-refractivity contribution in [2.45, 2.75) is 44.1 Å². The normalized spacial score (nSPS) is 25.3. The molecule has 0 spiro atoms. The summed E-state index contributed by atoms with van der Waals surface area (Å²) < 4.78 is 32.4. The number of nitriles is 1. The molecular formula is C19H24N2O4S. The molecule has 7 heteroatoms. The summed E-state index contributed by atoms with van der Waals surface area (Å²) in [5.41, 5.74) is 0.255. The second kappa shape index (κ2) is 7.37. The molecule has 3 rings (SSSR count). The third-order valence-corrected chi connectivity index (χ3v) is 6.82. The summed E-state index contributed by atoms with van der Waals surface area (Å²) in [6.45, 7) is 5.15. The van der Waals surface area contributed by atoms with E-state index in [0.717, 1.165) is 19.3 Å². The molecule has 2 fully saturated rings. The van der Waals surface area contributed by atoms with Gasteiger partial charge in [-0.25, -0.2) is 13.2 Å².